The number of carboxylic acid groups (broad SMARTS) is 1. The van der Waals surface area contributed by atoms with E-state index in [2.05, 4.69) is 5.32 Å². The average Bonchev–Trinajstić information content (AvgIpc) is 2.79. The van der Waals surface area contributed by atoms with E-state index in [4.69, 9.17) is 15.6 Å². The van der Waals surface area contributed by atoms with Gasteiger partial charge in [0.2, 0.25) is 5.91 Å². The highest BCUT2D eigenvalue weighted by atomic mass is 16.5. The van der Waals surface area contributed by atoms with Gasteiger partial charge in [0.05, 0.1) is 5.92 Å². The molecule has 1 aliphatic rings. The number of hydrogen-bond donors (Lipinski definition) is 3. The summed E-state index contributed by atoms with van der Waals surface area (Å²) in [5.41, 5.74) is 7.42. The van der Waals surface area contributed by atoms with Crippen molar-refractivity contribution in [3.8, 4) is 5.75 Å². The summed E-state index contributed by atoms with van der Waals surface area (Å²) in [6.07, 6.45) is 4.25. The Labute approximate surface area is 189 Å². The molecule has 0 spiro atoms. The van der Waals surface area contributed by atoms with Crippen LogP contribution in [0.25, 0.3) is 0 Å². The van der Waals surface area contributed by atoms with Gasteiger partial charge in [-0.15, -0.1) is 0 Å². The van der Waals surface area contributed by atoms with E-state index in [1.165, 1.54) is 6.92 Å². The van der Waals surface area contributed by atoms with Crippen molar-refractivity contribution < 1.29 is 24.2 Å². The van der Waals surface area contributed by atoms with Gasteiger partial charge >= 0.3 is 11.9 Å². The predicted molar refractivity (Wildman–Crippen MR) is 123 cm³/mol. The Bertz CT molecular complexity index is 860. The van der Waals surface area contributed by atoms with E-state index in [9.17, 15) is 14.4 Å². The molecule has 0 bridgehead atoms. The second kappa shape index (κ2) is 13.3. The number of para-hydroxylation sites is 1. The van der Waals surface area contributed by atoms with Crippen LogP contribution in [0.3, 0.4) is 0 Å². The molecule has 1 fully saturated rings. The SMILES string of the molecule is CC(=O)Nc1ccccc1.NCC1CCC(C(=O)Oc2ccc(CCC(=O)O)cc2)CC1. The molecule has 1 amide bonds. The van der Waals surface area contributed by atoms with Gasteiger partial charge in [-0.1, -0.05) is 30.3 Å². The van der Waals surface area contributed by atoms with Crippen molar-refractivity contribution in [2.45, 2.75) is 45.4 Å². The van der Waals surface area contributed by atoms with Crippen LogP contribution in [0, 0.1) is 11.8 Å². The highest BCUT2D eigenvalue weighted by molar-refractivity contribution is 5.88. The van der Waals surface area contributed by atoms with E-state index in [1.807, 2.05) is 30.3 Å². The molecular formula is C25H32N2O5. The zero-order valence-corrected chi connectivity index (χ0v) is 18.5. The van der Waals surface area contributed by atoms with E-state index >= 15 is 0 Å². The lowest BCUT2D eigenvalue weighted by Crippen LogP contribution is -2.28. The zero-order valence-electron chi connectivity index (χ0n) is 18.5. The molecule has 0 atom stereocenters. The fourth-order valence-electron chi connectivity index (χ4n) is 3.53. The monoisotopic (exact) mass is 440 g/mol. The van der Waals surface area contributed by atoms with Crippen LogP contribution in [0.2, 0.25) is 0 Å². The molecule has 172 valence electrons. The summed E-state index contributed by atoms with van der Waals surface area (Å²) in [5.74, 6) is 0.000577. The van der Waals surface area contributed by atoms with E-state index in [-0.39, 0.29) is 24.2 Å². The maximum absolute atomic E-state index is 12.1. The Hall–Kier alpha value is -3.19. The number of rotatable bonds is 7. The van der Waals surface area contributed by atoms with Crippen LogP contribution < -0.4 is 15.8 Å². The number of carboxylic acids is 1. The third kappa shape index (κ3) is 9.31. The lowest BCUT2D eigenvalue weighted by atomic mass is 9.82. The number of aliphatic carboxylic acids is 1. The number of esters is 1. The normalized spacial score (nSPS) is 17.4. The first kappa shape index (κ1) is 25.1. The molecule has 2 aromatic rings. The Morgan fingerprint density at radius 3 is 2.16 bits per heavy atom. The quantitative estimate of drug-likeness (QED) is 0.442. The van der Waals surface area contributed by atoms with Crippen molar-refractivity contribution in [1.82, 2.24) is 0 Å². The van der Waals surface area contributed by atoms with Gasteiger partial charge < -0.3 is 20.9 Å². The molecule has 7 nitrogen and oxygen atoms in total. The Kier molecular flexibility index (Phi) is 10.4. The first-order chi connectivity index (χ1) is 15.4. The van der Waals surface area contributed by atoms with Crippen molar-refractivity contribution in [2.24, 2.45) is 17.6 Å². The number of carbonyl (C=O) groups is 3. The summed E-state index contributed by atoms with van der Waals surface area (Å²) in [4.78, 5) is 33.2. The number of benzene rings is 2. The smallest absolute Gasteiger partial charge is 0.314 e. The maximum Gasteiger partial charge on any atom is 0.314 e. The molecule has 1 saturated carbocycles. The number of carbonyl (C=O) groups excluding carboxylic acids is 2. The topological polar surface area (TPSA) is 119 Å². The first-order valence-electron chi connectivity index (χ1n) is 10.9. The minimum absolute atomic E-state index is 0.0329. The summed E-state index contributed by atoms with van der Waals surface area (Å²) in [6.45, 7) is 2.19. The lowest BCUT2D eigenvalue weighted by Gasteiger charge is -2.26. The predicted octanol–water partition coefficient (Wildman–Crippen LogP) is 4.02. The molecule has 32 heavy (non-hydrogen) atoms. The van der Waals surface area contributed by atoms with Gasteiger partial charge in [0.25, 0.3) is 0 Å². The number of aryl methyl sites for hydroxylation is 1. The third-order valence-electron chi connectivity index (χ3n) is 5.38. The number of nitrogens with two attached hydrogens (primary N) is 1. The summed E-state index contributed by atoms with van der Waals surface area (Å²) in [5, 5.41) is 11.3. The number of ether oxygens (including phenoxy) is 1. The van der Waals surface area contributed by atoms with Crippen LogP contribution >= 0.6 is 0 Å². The van der Waals surface area contributed by atoms with Crippen LogP contribution in [-0.4, -0.2) is 29.5 Å². The van der Waals surface area contributed by atoms with Crippen molar-refractivity contribution in [3.05, 3.63) is 60.2 Å². The van der Waals surface area contributed by atoms with Crippen molar-refractivity contribution in [3.63, 3.8) is 0 Å². The molecule has 0 aliphatic heterocycles. The van der Waals surface area contributed by atoms with Crippen LogP contribution in [0.15, 0.2) is 54.6 Å². The fourth-order valence-corrected chi connectivity index (χ4v) is 3.53. The second-order valence-electron chi connectivity index (χ2n) is 7.96. The molecule has 1 aliphatic carbocycles. The van der Waals surface area contributed by atoms with Gasteiger partial charge in [0.15, 0.2) is 0 Å². The molecule has 0 saturated heterocycles. The van der Waals surface area contributed by atoms with E-state index in [0.717, 1.165) is 36.9 Å². The van der Waals surface area contributed by atoms with Crippen LogP contribution in [0.5, 0.6) is 5.75 Å². The van der Waals surface area contributed by atoms with Crippen molar-refractivity contribution in [1.29, 1.82) is 0 Å². The van der Waals surface area contributed by atoms with E-state index in [0.29, 0.717) is 24.6 Å². The standard InChI is InChI=1S/C17H23NO4.C8H9NO/c18-11-13-1-6-14(7-2-13)17(21)22-15-8-3-12(4-9-15)5-10-16(19)20;1-7(10)9-8-5-3-2-4-6-8/h3-4,8-9,13-14H,1-2,5-7,10-11,18H2,(H,19,20);2-6H,1H3,(H,9,10). The highest BCUT2D eigenvalue weighted by Gasteiger charge is 2.27. The first-order valence-corrected chi connectivity index (χ1v) is 10.9. The zero-order chi connectivity index (χ0) is 23.3. The summed E-state index contributed by atoms with van der Waals surface area (Å²) in [6, 6.07) is 16.4. The van der Waals surface area contributed by atoms with Gasteiger partial charge in [0.1, 0.15) is 5.75 Å². The maximum atomic E-state index is 12.1. The third-order valence-corrected chi connectivity index (χ3v) is 5.38. The largest absolute Gasteiger partial charge is 0.481 e. The molecule has 2 aromatic carbocycles. The minimum Gasteiger partial charge on any atom is -0.481 e. The van der Waals surface area contributed by atoms with Crippen LogP contribution in [0.4, 0.5) is 5.69 Å². The highest BCUT2D eigenvalue weighted by Crippen LogP contribution is 2.29. The molecule has 0 aromatic heterocycles. The number of nitrogens with one attached hydrogen (secondary N) is 1. The second-order valence-corrected chi connectivity index (χ2v) is 7.96. The van der Waals surface area contributed by atoms with E-state index in [1.54, 1.807) is 24.3 Å². The molecule has 0 radical (unpaired) electrons. The minimum atomic E-state index is -0.816. The van der Waals surface area contributed by atoms with Gasteiger partial charge in [0, 0.05) is 19.0 Å². The summed E-state index contributed by atoms with van der Waals surface area (Å²) in [7, 11) is 0. The lowest BCUT2D eigenvalue weighted by molar-refractivity contribution is -0.140. The molecular weight excluding hydrogens is 408 g/mol. The number of amides is 1. The van der Waals surface area contributed by atoms with Crippen molar-refractivity contribution >= 4 is 23.5 Å². The van der Waals surface area contributed by atoms with E-state index < -0.39 is 5.97 Å². The van der Waals surface area contributed by atoms with Crippen LogP contribution in [-0.2, 0) is 20.8 Å². The Morgan fingerprint density at radius 1 is 1.00 bits per heavy atom. The van der Waals surface area contributed by atoms with Crippen LogP contribution in [0.1, 0.15) is 44.6 Å². The number of anilines is 1. The van der Waals surface area contributed by atoms with Gasteiger partial charge in [-0.2, -0.15) is 0 Å². The molecule has 7 heteroatoms. The summed E-state index contributed by atoms with van der Waals surface area (Å²) < 4.78 is 5.42. The van der Waals surface area contributed by atoms with Crippen molar-refractivity contribution in [2.75, 3.05) is 11.9 Å². The Morgan fingerprint density at radius 2 is 1.62 bits per heavy atom. The van der Waals surface area contributed by atoms with Gasteiger partial charge in [-0.05, 0) is 74.4 Å². The summed E-state index contributed by atoms with van der Waals surface area (Å²) >= 11 is 0. The van der Waals surface area contributed by atoms with Gasteiger partial charge in [-0.3, -0.25) is 14.4 Å². The molecule has 0 heterocycles. The fraction of sp³-hybridized carbons (Fsp3) is 0.400. The van der Waals surface area contributed by atoms with Gasteiger partial charge in [-0.25, -0.2) is 0 Å². The molecule has 3 rings (SSSR count). The average molecular weight is 441 g/mol. The molecule has 4 N–H and O–H groups in total. The Balaban J connectivity index is 0.000000303. The molecule has 0 unspecified atom stereocenters. The number of hydrogen-bond acceptors (Lipinski definition) is 5.